The van der Waals surface area contributed by atoms with Gasteiger partial charge in [-0.05, 0) is 6.92 Å². The lowest BCUT2D eigenvalue weighted by atomic mass is 10.3. The Morgan fingerprint density at radius 2 is 2.09 bits per heavy atom. The van der Waals surface area contributed by atoms with Crippen molar-refractivity contribution in [2.45, 2.75) is 24.6 Å². The number of hydrogen-bond donors (Lipinski definition) is 1. The molecule has 0 radical (unpaired) electrons. The Bertz CT molecular complexity index is 119. The van der Waals surface area contributed by atoms with Crippen LogP contribution in [-0.4, -0.2) is 37.7 Å². The molecular weight excluding hydrogens is 162 g/mol. The van der Waals surface area contributed by atoms with E-state index in [-0.39, 0.29) is 6.29 Å². The van der Waals surface area contributed by atoms with Crippen LogP contribution in [0.1, 0.15) is 6.92 Å². The molecule has 0 aliphatic carbocycles. The van der Waals surface area contributed by atoms with E-state index in [0.29, 0.717) is 11.4 Å². The fourth-order valence-electron chi connectivity index (χ4n) is 1.34. The first kappa shape index (κ1) is 9.32. The average Bonchev–Trinajstić information content (AvgIpc) is 2.39. The molecule has 0 aromatic carbocycles. The normalized spacial score (nSPS) is 31.6. The highest BCUT2D eigenvalue weighted by atomic mass is 32.2. The van der Waals surface area contributed by atoms with Crippen molar-refractivity contribution in [3.63, 3.8) is 0 Å². The quantitative estimate of drug-likeness (QED) is 0.599. The zero-order valence-corrected chi connectivity index (χ0v) is 8.06. The predicted octanol–water partition coefficient (Wildman–Crippen LogP) is -0.370. The van der Waals surface area contributed by atoms with Gasteiger partial charge in [0.2, 0.25) is 6.29 Å². The maximum absolute atomic E-state index is 5.16. The third-order valence-corrected chi connectivity index (χ3v) is 3.14. The van der Waals surface area contributed by atoms with Crippen molar-refractivity contribution in [2.75, 3.05) is 20.0 Å². The van der Waals surface area contributed by atoms with Gasteiger partial charge >= 0.3 is 0 Å². The van der Waals surface area contributed by atoms with Crippen LogP contribution >= 0.6 is 11.8 Å². The first-order valence-corrected chi connectivity index (χ1v) is 4.85. The minimum atomic E-state index is -0.0487. The Morgan fingerprint density at radius 1 is 1.45 bits per heavy atom. The Morgan fingerprint density at radius 3 is 2.45 bits per heavy atom. The van der Waals surface area contributed by atoms with E-state index in [1.165, 1.54) is 0 Å². The summed E-state index contributed by atoms with van der Waals surface area (Å²) < 4.78 is 10.3. The molecule has 2 atom stereocenters. The fraction of sp³-hybridized carbons (Fsp3) is 1.00. The second-order valence-electron chi connectivity index (χ2n) is 2.73. The van der Waals surface area contributed by atoms with E-state index in [9.17, 15) is 0 Å². The van der Waals surface area contributed by atoms with Gasteiger partial charge in [0, 0.05) is 14.2 Å². The summed E-state index contributed by atoms with van der Waals surface area (Å²) in [5.74, 6) is 1.12. The molecule has 4 heteroatoms. The van der Waals surface area contributed by atoms with Crippen LogP contribution in [0.2, 0.25) is 0 Å². The highest BCUT2D eigenvalue weighted by Crippen LogP contribution is 2.14. The second-order valence-corrected chi connectivity index (χ2v) is 4.14. The minimum absolute atomic E-state index is 0.0487. The molecule has 0 amide bonds. The number of hydrogen-bond acceptors (Lipinski definition) is 3. The molecule has 0 bridgehead atoms. The van der Waals surface area contributed by atoms with Crippen LogP contribution in [-0.2, 0) is 9.47 Å². The summed E-state index contributed by atoms with van der Waals surface area (Å²) in [5, 5.41) is 2.94. The first-order chi connectivity index (χ1) is 5.27. The summed E-state index contributed by atoms with van der Waals surface area (Å²) in [6.45, 7) is 2.20. The summed E-state index contributed by atoms with van der Waals surface area (Å²) in [5.41, 5.74) is 0. The van der Waals surface area contributed by atoms with Gasteiger partial charge in [-0.15, -0.1) is 0 Å². The van der Waals surface area contributed by atoms with Crippen LogP contribution in [0, 0.1) is 0 Å². The van der Waals surface area contributed by atoms with E-state index in [1.807, 2.05) is 11.8 Å². The zero-order valence-electron chi connectivity index (χ0n) is 7.24. The molecule has 2 N–H and O–H groups in total. The molecular formula is C7H16NO2S+. The van der Waals surface area contributed by atoms with Crippen LogP contribution < -0.4 is 5.32 Å². The van der Waals surface area contributed by atoms with Crippen molar-refractivity contribution >= 4 is 11.8 Å². The van der Waals surface area contributed by atoms with E-state index in [4.69, 9.17) is 9.47 Å². The van der Waals surface area contributed by atoms with Crippen LogP contribution in [0.5, 0.6) is 0 Å². The number of thioether (sulfide) groups is 1. The number of ether oxygens (including phenoxy) is 2. The van der Waals surface area contributed by atoms with Crippen LogP contribution in [0.25, 0.3) is 0 Å². The summed E-state index contributed by atoms with van der Waals surface area (Å²) >= 11 is 1.95. The maximum atomic E-state index is 5.16. The molecule has 3 nitrogen and oxygen atoms in total. The smallest absolute Gasteiger partial charge is 0.210 e. The van der Waals surface area contributed by atoms with Crippen molar-refractivity contribution in [3.05, 3.63) is 0 Å². The first-order valence-electron chi connectivity index (χ1n) is 3.80. The molecule has 1 heterocycles. The minimum Gasteiger partial charge on any atom is -0.351 e. The van der Waals surface area contributed by atoms with Gasteiger partial charge in [0.05, 0.1) is 5.75 Å². The highest BCUT2D eigenvalue weighted by molar-refractivity contribution is 7.99. The molecule has 11 heavy (non-hydrogen) atoms. The molecule has 0 aromatic rings. The van der Waals surface area contributed by atoms with Crippen LogP contribution in [0.4, 0.5) is 0 Å². The number of quaternary nitrogens is 1. The molecule has 0 saturated carbocycles. The second kappa shape index (κ2) is 4.30. The monoisotopic (exact) mass is 178 g/mol. The van der Waals surface area contributed by atoms with Crippen molar-refractivity contribution in [3.8, 4) is 0 Å². The topological polar surface area (TPSA) is 35.1 Å². The van der Waals surface area contributed by atoms with E-state index in [1.54, 1.807) is 14.2 Å². The third kappa shape index (κ3) is 2.33. The fourth-order valence-corrected chi connectivity index (χ4v) is 2.44. The molecule has 0 spiro atoms. The van der Waals surface area contributed by atoms with Crippen molar-refractivity contribution in [1.82, 2.24) is 0 Å². The SMILES string of the molecule is COC(OC)C1CSC(C)[NH2+]1. The van der Waals surface area contributed by atoms with E-state index in [0.717, 1.165) is 5.75 Å². The summed E-state index contributed by atoms with van der Waals surface area (Å²) in [4.78, 5) is 0. The van der Waals surface area contributed by atoms with Gasteiger partial charge in [-0.2, -0.15) is 0 Å². The summed E-state index contributed by atoms with van der Waals surface area (Å²) in [7, 11) is 3.38. The lowest BCUT2D eigenvalue weighted by Crippen LogP contribution is -2.93. The van der Waals surface area contributed by atoms with Crippen LogP contribution in [0.3, 0.4) is 0 Å². The van der Waals surface area contributed by atoms with Gasteiger partial charge in [-0.1, -0.05) is 11.8 Å². The van der Waals surface area contributed by atoms with Gasteiger partial charge < -0.3 is 14.8 Å². The average molecular weight is 178 g/mol. The van der Waals surface area contributed by atoms with E-state index < -0.39 is 0 Å². The van der Waals surface area contributed by atoms with Gasteiger partial charge in [0.1, 0.15) is 11.4 Å². The number of nitrogens with two attached hydrogens (primary N) is 1. The Kier molecular flexibility index (Phi) is 3.65. The van der Waals surface area contributed by atoms with Gasteiger partial charge in [-0.3, -0.25) is 0 Å². The summed E-state index contributed by atoms with van der Waals surface area (Å²) in [6.07, 6.45) is -0.0487. The Hall–Kier alpha value is 0.230. The number of methoxy groups -OCH3 is 2. The molecule has 1 rings (SSSR count). The molecule has 1 fully saturated rings. The zero-order chi connectivity index (χ0) is 8.27. The van der Waals surface area contributed by atoms with Gasteiger partial charge in [0.15, 0.2) is 0 Å². The third-order valence-electron chi connectivity index (χ3n) is 1.88. The largest absolute Gasteiger partial charge is 0.351 e. The van der Waals surface area contributed by atoms with Crippen molar-refractivity contribution in [1.29, 1.82) is 0 Å². The standard InChI is InChI=1S/C7H15NO2S/c1-5-8-6(4-11-5)7(9-2)10-3/h5-8H,4H2,1-3H3/p+1. The number of rotatable bonds is 3. The highest BCUT2D eigenvalue weighted by Gasteiger charge is 2.32. The lowest BCUT2D eigenvalue weighted by Gasteiger charge is -2.17. The van der Waals surface area contributed by atoms with Crippen LogP contribution in [0.15, 0.2) is 0 Å². The molecule has 1 aliphatic rings. The van der Waals surface area contributed by atoms with Gasteiger partial charge in [-0.25, -0.2) is 0 Å². The predicted molar refractivity (Wildman–Crippen MR) is 45.4 cm³/mol. The van der Waals surface area contributed by atoms with Gasteiger partial charge in [0.25, 0.3) is 0 Å². The molecule has 0 aromatic heterocycles. The maximum Gasteiger partial charge on any atom is 0.210 e. The molecule has 2 unspecified atom stereocenters. The Balaban J connectivity index is 2.34. The van der Waals surface area contributed by atoms with Crippen molar-refractivity contribution < 1.29 is 14.8 Å². The Labute approximate surface area is 71.8 Å². The molecule has 66 valence electrons. The molecule has 1 saturated heterocycles. The van der Waals surface area contributed by atoms with E-state index in [2.05, 4.69) is 12.2 Å². The molecule has 1 aliphatic heterocycles. The lowest BCUT2D eigenvalue weighted by molar-refractivity contribution is -0.701. The van der Waals surface area contributed by atoms with E-state index >= 15 is 0 Å². The summed E-state index contributed by atoms with van der Waals surface area (Å²) in [6, 6.07) is 0.463. The van der Waals surface area contributed by atoms with Crippen molar-refractivity contribution in [2.24, 2.45) is 0 Å².